The maximum atomic E-state index is 5.46. The van der Waals surface area contributed by atoms with Crippen LogP contribution in [0.4, 0.5) is 0 Å². The summed E-state index contributed by atoms with van der Waals surface area (Å²) in [5.74, 6) is 0.947. The van der Waals surface area contributed by atoms with E-state index in [2.05, 4.69) is 35.4 Å². The van der Waals surface area contributed by atoms with Gasteiger partial charge in [-0.3, -0.25) is 4.98 Å². The van der Waals surface area contributed by atoms with E-state index >= 15 is 0 Å². The summed E-state index contributed by atoms with van der Waals surface area (Å²) in [5, 5.41) is 3.54. The monoisotopic (exact) mass is 268 g/mol. The quantitative estimate of drug-likeness (QED) is 0.903. The van der Waals surface area contributed by atoms with Crippen LogP contribution in [0.5, 0.6) is 5.75 Å². The zero-order valence-electron chi connectivity index (χ0n) is 12.0. The molecule has 1 aromatic carbocycles. The number of ether oxygens (including phenoxy) is 1. The summed E-state index contributed by atoms with van der Waals surface area (Å²) < 4.78 is 5.46. The van der Waals surface area contributed by atoms with Crippen molar-refractivity contribution in [3.63, 3.8) is 0 Å². The lowest BCUT2D eigenvalue weighted by Gasteiger charge is -2.12. The predicted molar refractivity (Wildman–Crippen MR) is 80.8 cm³/mol. The molecule has 3 heteroatoms. The van der Waals surface area contributed by atoms with Gasteiger partial charge in [-0.25, -0.2) is 0 Å². The first kappa shape index (κ1) is 13.1. The molecule has 1 heterocycles. The molecule has 1 saturated carbocycles. The largest absolute Gasteiger partial charge is 0.496 e. The Morgan fingerprint density at radius 1 is 1.20 bits per heavy atom. The summed E-state index contributed by atoms with van der Waals surface area (Å²) in [6.45, 7) is 2.93. The second-order valence-corrected chi connectivity index (χ2v) is 5.43. The van der Waals surface area contributed by atoms with Crippen LogP contribution in [0.25, 0.3) is 11.1 Å². The van der Waals surface area contributed by atoms with Crippen molar-refractivity contribution >= 4 is 0 Å². The first-order valence-electron chi connectivity index (χ1n) is 7.08. The number of methoxy groups -OCH3 is 1. The predicted octanol–water partition coefficient (Wildman–Crippen LogP) is 3.32. The fourth-order valence-corrected chi connectivity index (χ4v) is 2.35. The second kappa shape index (κ2) is 5.63. The summed E-state index contributed by atoms with van der Waals surface area (Å²) >= 11 is 0. The van der Waals surface area contributed by atoms with Gasteiger partial charge in [0.2, 0.25) is 0 Å². The Morgan fingerprint density at radius 3 is 2.75 bits per heavy atom. The molecule has 0 unspecified atom stereocenters. The first-order chi connectivity index (χ1) is 9.76. The lowest BCUT2D eigenvalue weighted by molar-refractivity contribution is 0.407. The molecule has 3 nitrogen and oxygen atoms in total. The van der Waals surface area contributed by atoms with Gasteiger partial charge in [-0.15, -0.1) is 0 Å². The molecule has 0 bridgehead atoms. The standard InChI is InChI=1S/C17H20N2O/c1-12-7-14(10-18-9-12)13-3-6-17(20-2)15(8-13)11-19-16-4-5-16/h3,6-10,16,19H,4-5,11H2,1-2H3. The highest BCUT2D eigenvalue weighted by atomic mass is 16.5. The summed E-state index contributed by atoms with van der Waals surface area (Å²) in [7, 11) is 1.73. The van der Waals surface area contributed by atoms with Gasteiger partial charge in [0.05, 0.1) is 7.11 Å². The van der Waals surface area contributed by atoms with E-state index < -0.39 is 0 Å². The minimum atomic E-state index is 0.698. The van der Waals surface area contributed by atoms with Crippen molar-refractivity contribution < 1.29 is 4.74 Å². The normalized spacial score (nSPS) is 14.3. The smallest absolute Gasteiger partial charge is 0.123 e. The molecule has 104 valence electrons. The number of nitrogens with one attached hydrogen (secondary N) is 1. The van der Waals surface area contributed by atoms with E-state index in [1.807, 2.05) is 18.5 Å². The molecule has 1 fully saturated rings. The molecular weight excluding hydrogens is 248 g/mol. The fourth-order valence-electron chi connectivity index (χ4n) is 2.35. The Morgan fingerprint density at radius 2 is 2.05 bits per heavy atom. The first-order valence-corrected chi connectivity index (χ1v) is 7.08. The van der Waals surface area contributed by atoms with E-state index in [0.29, 0.717) is 6.04 Å². The molecule has 3 rings (SSSR count). The van der Waals surface area contributed by atoms with Crippen molar-refractivity contribution in [1.29, 1.82) is 0 Å². The maximum absolute atomic E-state index is 5.46. The average Bonchev–Trinajstić information content (AvgIpc) is 3.29. The van der Waals surface area contributed by atoms with Crippen molar-refractivity contribution in [2.75, 3.05) is 7.11 Å². The fraction of sp³-hybridized carbons (Fsp3) is 0.353. The molecule has 0 saturated heterocycles. The molecule has 2 aromatic rings. The van der Waals surface area contributed by atoms with E-state index in [4.69, 9.17) is 4.74 Å². The van der Waals surface area contributed by atoms with Crippen LogP contribution in [0.3, 0.4) is 0 Å². The van der Waals surface area contributed by atoms with Crippen LogP contribution in [-0.4, -0.2) is 18.1 Å². The molecule has 20 heavy (non-hydrogen) atoms. The molecule has 1 aliphatic carbocycles. The molecule has 0 spiro atoms. The van der Waals surface area contributed by atoms with Crippen molar-refractivity contribution in [3.05, 3.63) is 47.8 Å². The Labute approximate surface area is 120 Å². The van der Waals surface area contributed by atoms with Gasteiger partial charge in [-0.05, 0) is 49.1 Å². The van der Waals surface area contributed by atoms with Crippen LogP contribution in [0.1, 0.15) is 24.0 Å². The third-order valence-electron chi connectivity index (χ3n) is 3.65. The average molecular weight is 268 g/mol. The Balaban J connectivity index is 1.89. The number of aryl methyl sites for hydroxylation is 1. The number of nitrogens with zero attached hydrogens (tertiary/aromatic N) is 1. The molecule has 0 radical (unpaired) electrons. The molecule has 1 aromatic heterocycles. The topological polar surface area (TPSA) is 34.1 Å². The van der Waals surface area contributed by atoms with E-state index in [1.54, 1.807) is 7.11 Å². The third kappa shape index (κ3) is 2.99. The summed E-state index contributed by atoms with van der Waals surface area (Å²) in [5.41, 5.74) is 4.73. The Hall–Kier alpha value is -1.87. The summed E-state index contributed by atoms with van der Waals surface area (Å²) in [6.07, 6.45) is 6.38. The van der Waals surface area contributed by atoms with Crippen LogP contribution in [-0.2, 0) is 6.54 Å². The third-order valence-corrected chi connectivity index (χ3v) is 3.65. The van der Waals surface area contributed by atoms with Gasteiger partial charge >= 0.3 is 0 Å². The van der Waals surface area contributed by atoms with Gasteiger partial charge in [0.25, 0.3) is 0 Å². The van der Waals surface area contributed by atoms with Crippen molar-refractivity contribution in [2.24, 2.45) is 0 Å². The molecular formula is C17H20N2O. The summed E-state index contributed by atoms with van der Waals surface area (Å²) in [6, 6.07) is 9.19. The zero-order valence-corrected chi connectivity index (χ0v) is 12.0. The van der Waals surface area contributed by atoms with Gasteiger partial charge in [-0.2, -0.15) is 0 Å². The van der Waals surface area contributed by atoms with Crippen LogP contribution in [0.2, 0.25) is 0 Å². The van der Waals surface area contributed by atoms with Gasteiger partial charge in [0.15, 0.2) is 0 Å². The van der Waals surface area contributed by atoms with Gasteiger partial charge in [0, 0.05) is 36.1 Å². The van der Waals surface area contributed by atoms with Gasteiger partial charge in [0.1, 0.15) is 5.75 Å². The lowest BCUT2D eigenvalue weighted by atomic mass is 10.0. The Bertz CT molecular complexity index is 606. The highest BCUT2D eigenvalue weighted by Crippen LogP contribution is 2.28. The van der Waals surface area contributed by atoms with Crippen LogP contribution < -0.4 is 10.1 Å². The number of hydrogen-bond donors (Lipinski definition) is 1. The van der Waals surface area contributed by atoms with Crippen molar-refractivity contribution in [2.45, 2.75) is 32.4 Å². The zero-order chi connectivity index (χ0) is 13.9. The van der Waals surface area contributed by atoms with E-state index in [-0.39, 0.29) is 0 Å². The molecule has 0 amide bonds. The Kier molecular flexibility index (Phi) is 3.70. The van der Waals surface area contributed by atoms with Crippen molar-refractivity contribution in [3.8, 4) is 16.9 Å². The number of hydrogen-bond acceptors (Lipinski definition) is 3. The van der Waals surface area contributed by atoms with E-state index in [9.17, 15) is 0 Å². The van der Waals surface area contributed by atoms with E-state index in [1.165, 1.54) is 29.5 Å². The van der Waals surface area contributed by atoms with Crippen LogP contribution in [0, 0.1) is 6.92 Å². The number of benzene rings is 1. The number of pyridine rings is 1. The van der Waals surface area contributed by atoms with Gasteiger partial charge in [-0.1, -0.05) is 6.07 Å². The summed E-state index contributed by atoms with van der Waals surface area (Å²) in [4.78, 5) is 4.27. The minimum Gasteiger partial charge on any atom is -0.496 e. The molecule has 1 aliphatic rings. The molecule has 1 N–H and O–H groups in total. The number of aromatic nitrogens is 1. The SMILES string of the molecule is COc1ccc(-c2cncc(C)c2)cc1CNC1CC1. The van der Waals surface area contributed by atoms with Crippen molar-refractivity contribution in [1.82, 2.24) is 10.3 Å². The van der Waals surface area contributed by atoms with E-state index in [0.717, 1.165) is 17.9 Å². The minimum absolute atomic E-state index is 0.698. The van der Waals surface area contributed by atoms with Gasteiger partial charge < -0.3 is 10.1 Å². The highest BCUT2D eigenvalue weighted by molar-refractivity contribution is 5.65. The number of rotatable bonds is 5. The second-order valence-electron chi connectivity index (χ2n) is 5.43. The molecule has 0 atom stereocenters. The molecule has 0 aliphatic heterocycles. The maximum Gasteiger partial charge on any atom is 0.123 e. The highest BCUT2D eigenvalue weighted by Gasteiger charge is 2.20. The van der Waals surface area contributed by atoms with Crippen LogP contribution in [0.15, 0.2) is 36.7 Å². The lowest BCUT2D eigenvalue weighted by Crippen LogP contribution is -2.15. The van der Waals surface area contributed by atoms with Crippen LogP contribution >= 0.6 is 0 Å².